The molecule has 0 aliphatic carbocycles. The number of hydrogen-bond acceptors (Lipinski definition) is 5. The van der Waals surface area contributed by atoms with Crippen LogP contribution in [-0.4, -0.2) is 40.9 Å². The van der Waals surface area contributed by atoms with Gasteiger partial charge in [-0.05, 0) is 32.4 Å². The molecule has 1 amide bonds. The van der Waals surface area contributed by atoms with Crippen LogP contribution in [0.2, 0.25) is 0 Å². The molecule has 1 aliphatic rings. The Kier molecular flexibility index (Phi) is 5.59. The van der Waals surface area contributed by atoms with Gasteiger partial charge in [0.15, 0.2) is 11.9 Å². The Hall–Kier alpha value is -2.37. The minimum atomic E-state index is -0.947. The standard InChI is InChI=1S/C18H24N2O4/c1-5-17(23)24-18(13(3)21)16-11-12(2)19(20(16)14(4)22)15-9-7-6-8-10-15/h6-10,12,16,18H,5,11H2,1-4H3/t12-,16+,18-/m1/s1. The molecule has 0 N–H and O–H groups in total. The van der Waals surface area contributed by atoms with Crippen LogP contribution in [0.5, 0.6) is 0 Å². The van der Waals surface area contributed by atoms with Crippen LogP contribution in [-0.2, 0) is 19.1 Å². The molecule has 2 rings (SSSR count). The monoisotopic (exact) mass is 332 g/mol. The summed E-state index contributed by atoms with van der Waals surface area (Å²) in [6.45, 7) is 6.51. The van der Waals surface area contributed by atoms with Crippen LogP contribution in [0.4, 0.5) is 5.69 Å². The van der Waals surface area contributed by atoms with E-state index in [1.165, 1.54) is 13.8 Å². The van der Waals surface area contributed by atoms with E-state index in [-0.39, 0.29) is 24.2 Å². The third-order valence-electron chi connectivity index (χ3n) is 4.19. The number of ether oxygens (including phenoxy) is 1. The van der Waals surface area contributed by atoms with Crippen molar-refractivity contribution in [2.45, 2.75) is 58.7 Å². The number of carbonyl (C=O) groups excluding carboxylic acids is 3. The largest absolute Gasteiger partial charge is 0.452 e. The second kappa shape index (κ2) is 7.47. The number of anilines is 1. The molecule has 1 heterocycles. The molecule has 1 aromatic carbocycles. The van der Waals surface area contributed by atoms with Crippen molar-refractivity contribution in [3.05, 3.63) is 30.3 Å². The maximum atomic E-state index is 12.3. The predicted molar refractivity (Wildman–Crippen MR) is 90.2 cm³/mol. The van der Waals surface area contributed by atoms with E-state index in [9.17, 15) is 14.4 Å². The molecule has 3 atom stereocenters. The molecule has 130 valence electrons. The van der Waals surface area contributed by atoms with Crippen LogP contribution >= 0.6 is 0 Å². The van der Waals surface area contributed by atoms with Gasteiger partial charge in [0, 0.05) is 13.3 Å². The minimum absolute atomic E-state index is 0.00322. The zero-order valence-electron chi connectivity index (χ0n) is 14.6. The number of hydrazine groups is 1. The van der Waals surface area contributed by atoms with Gasteiger partial charge in [0.2, 0.25) is 5.91 Å². The lowest BCUT2D eigenvalue weighted by molar-refractivity contribution is -0.159. The van der Waals surface area contributed by atoms with Crippen LogP contribution in [0.15, 0.2) is 30.3 Å². The first-order chi connectivity index (χ1) is 11.4. The van der Waals surface area contributed by atoms with Crippen molar-refractivity contribution in [1.82, 2.24) is 5.01 Å². The second-order valence-corrected chi connectivity index (χ2v) is 6.07. The number of para-hydroxylation sites is 1. The third kappa shape index (κ3) is 3.58. The van der Waals surface area contributed by atoms with E-state index >= 15 is 0 Å². The summed E-state index contributed by atoms with van der Waals surface area (Å²) in [5.41, 5.74) is 0.867. The zero-order chi connectivity index (χ0) is 17.9. The third-order valence-corrected chi connectivity index (χ3v) is 4.19. The fraction of sp³-hybridized carbons (Fsp3) is 0.500. The maximum Gasteiger partial charge on any atom is 0.306 e. The van der Waals surface area contributed by atoms with E-state index in [4.69, 9.17) is 4.74 Å². The highest BCUT2D eigenvalue weighted by Crippen LogP contribution is 2.33. The molecule has 0 bridgehead atoms. The number of benzene rings is 1. The molecule has 0 aromatic heterocycles. The number of ketones is 1. The summed E-state index contributed by atoms with van der Waals surface area (Å²) in [6.07, 6.45) is -0.206. The molecule has 1 fully saturated rings. The van der Waals surface area contributed by atoms with Crippen LogP contribution in [0.1, 0.15) is 40.5 Å². The maximum absolute atomic E-state index is 12.3. The first-order valence-corrected chi connectivity index (χ1v) is 8.20. The number of nitrogens with zero attached hydrogens (tertiary/aromatic N) is 2. The van der Waals surface area contributed by atoms with Gasteiger partial charge in [-0.25, -0.2) is 5.01 Å². The first kappa shape index (κ1) is 18.0. The van der Waals surface area contributed by atoms with Gasteiger partial charge in [0.05, 0.1) is 17.8 Å². The lowest BCUT2D eigenvalue weighted by Gasteiger charge is -2.36. The topological polar surface area (TPSA) is 66.9 Å². The number of carbonyl (C=O) groups is 3. The van der Waals surface area contributed by atoms with Gasteiger partial charge in [-0.15, -0.1) is 0 Å². The van der Waals surface area contributed by atoms with Gasteiger partial charge < -0.3 is 4.74 Å². The Balaban J connectivity index is 2.37. The Morgan fingerprint density at radius 3 is 2.33 bits per heavy atom. The molecule has 1 aliphatic heterocycles. The summed E-state index contributed by atoms with van der Waals surface area (Å²) in [5, 5.41) is 3.43. The summed E-state index contributed by atoms with van der Waals surface area (Å²) >= 11 is 0. The Bertz CT molecular complexity index is 617. The fourth-order valence-corrected chi connectivity index (χ4v) is 3.18. The smallest absolute Gasteiger partial charge is 0.306 e. The number of esters is 1. The van der Waals surface area contributed by atoms with Gasteiger partial charge in [-0.1, -0.05) is 25.1 Å². The molecule has 24 heavy (non-hydrogen) atoms. The molecular weight excluding hydrogens is 308 g/mol. The summed E-state index contributed by atoms with van der Waals surface area (Å²) in [4.78, 5) is 36.1. The number of rotatable bonds is 5. The van der Waals surface area contributed by atoms with Gasteiger partial charge in [-0.3, -0.25) is 19.4 Å². The lowest BCUT2D eigenvalue weighted by atomic mass is 10.0. The first-order valence-electron chi connectivity index (χ1n) is 8.20. The number of amides is 1. The summed E-state index contributed by atoms with van der Waals surface area (Å²) in [7, 11) is 0. The van der Waals surface area contributed by atoms with Crippen molar-refractivity contribution < 1.29 is 19.1 Å². The highest BCUT2D eigenvalue weighted by atomic mass is 16.5. The Morgan fingerprint density at radius 1 is 1.21 bits per heavy atom. The molecule has 0 unspecified atom stereocenters. The molecule has 1 aromatic rings. The fourth-order valence-electron chi connectivity index (χ4n) is 3.18. The summed E-state index contributed by atoms with van der Waals surface area (Å²) < 4.78 is 5.35. The second-order valence-electron chi connectivity index (χ2n) is 6.07. The predicted octanol–water partition coefficient (Wildman–Crippen LogP) is 2.33. The average molecular weight is 332 g/mol. The van der Waals surface area contributed by atoms with Crippen molar-refractivity contribution in [1.29, 1.82) is 0 Å². The molecule has 6 heteroatoms. The molecule has 0 saturated carbocycles. The Labute approximate surface area is 142 Å². The number of Topliss-reactive ketones (excluding diaryl/α,β-unsaturated/α-hetero) is 1. The SMILES string of the molecule is CCC(=O)O[C@H](C(C)=O)[C@@H]1C[C@@H](C)N(c2ccccc2)N1C(C)=O. The number of hydrogen-bond donors (Lipinski definition) is 0. The summed E-state index contributed by atoms with van der Waals surface area (Å²) in [5.74, 6) is -0.883. The lowest BCUT2D eigenvalue weighted by Crippen LogP contribution is -2.52. The van der Waals surface area contributed by atoms with E-state index < -0.39 is 18.1 Å². The van der Waals surface area contributed by atoms with Crippen molar-refractivity contribution in [3.8, 4) is 0 Å². The highest BCUT2D eigenvalue weighted by molar-refractivity contribution is 5.86. The molecule has 6 nitrogen and oxygen atoms in total. The van der Waals surface area contributed by atoms with E-state index in [0.717, 1.165) is 5.69 Å². The molecule has 0 radical (unpaired) electrons. The van der Waals surface area contributed by atoms with E-state index in [1.807, 2.05) is 42.3 Å². The normalized spacial score (nSPS) is 21.5. The van der Waals surface area contributed by atoms with Crippen LogP contribution in [0, 0.1) is 0 Å². The van der Waals surface area contributed by atoms with E-state index in [1.54, 1.807) is 11.9 Å². The minimum Gasteiger partial charge on any atom is -0.452 e. The van der Waals surface area contributed by atoms with Gasteiger partial charge in [0.1, 0.15) is 0 Å². The van der Waals surface area contributed by atoms with Crippen LogP contribution < -0.4 is 5.01 Å². The molecule has 1 saturated heterocycles. The Morgan fingerprint density at radius 2 is 1.83 bits per heavy atom. The van der Waals surface area contributed by atoms with Crippen molar-refractivity contribution in [3.63, 3.8) is 0 Å². The van der Waals surface area contributed by atoms with Gasteiger partial charge in [0.25, 0.3) is 0 Å². The quantitative estimate of drug-likeness (QED) is 0.774. The zero-order valence-corrected chi connectivity index (χ0v) is 14.6. The van der Waals surface area contributed by atoms with E-state index in [0.29, 0.717) is 6.42 Å². The van der Waals surface area contributed by atoms with Gasteiger partial charge in [-0.2, -0.15) is 0 Å². The van der Waals surface area contributed by atoms with Crippen LogP contribution in [0.25, 0.3) is 0 Å². The van der Waals surface area contributed by atoms with Crippen molar-refractivity contribution in [2.75, 3.05) is 5.01 Å². The summed E-state index contributed by atoms with van der Waals surface area (Å²) in [6, 6.07) is 9.03. The molecular formula is C18H24N2O4. The van der Waals surface area contributed by atoms with E-state index in [2.05, 4.69) is 0 Å². The van der Waals surface area contributed by atoms with Crippen molar-refractivity contribution >= 4 is 23.3 Å². The highest BCUT2D eigenvalue weighted by Gasteiger charge is 2.46. The van der Waals surface area contributed by atoms with Crippen molar-refractivity contribution in [2.24, 2.45) is 0 Å². The molecule has 0 spiro atoms. The average Bonchev–Trinajstić information content (AvgIpc) is 2.90. The van der Waals surface area contributed by atoms with Gasteiger partial charge >= 0.3 is 5.97 Å². The van der Waals surface area contributed by atoms with Crippen LogP contribution in [0.3, 0.4) is 0 Å².